The van der Waals surface area contributed by atoms with Crippen molar-refractivity contribution in [2.45, 2.75) is 32.4 Å². The summed E-state index contributed by atoms with van der Waals surface area (Å²) < 4.78 is 28.5. The summed E-state index contributed by atoms with van der Waals surface area (Å²) >= 11 is 0. The smallest absolute Gasteiger partial charge is 0.387 e. The van der Waals surface area contributed by atoms with E-state index in [0.717, 1.165) is 30.0 Å². The van der Waals surface area contributed by atoms with E-state index in [1.807, 2.05) is 12.1 Å². The van der Waals surface area contributed by atoms with E-state index in [2.05, 4.69) is 19.9 Å². The van der Waals surface area contributed by atoms with Crippen LogP contribution in [-0.4, -0.2) is 30.6 Å². The molecule has 0 radical (unpaired) electrons. The summed E-state index contributed by atoms with van der Waals surface area (Å²) in [5.74, 6) is 0.910. The lowest BCUT2D eigenvalue weighted by Gasteiger charge is -2.16. The maximum absolute atomic E-state index is 12.1. The van der Waals surface area contributed by atoms with Crippen LogP contribution in [0.1, 0.15) is 24.0 Å². The first kappa shape index (κ1) is 18.1. The second-order valence-corrected chi connectivity index (χ2v) is 6.19. The summed E-state index contributed by atoms with van der Waals surface area (Å²) in [6.45, 7) is -0.359. The Morgan fingerprint density at radius 1 is 1.12 bits per heavy atom. The molecule has 138 valence electrons. The summed E-state index contributed by atoms with van der Waals surface area (Å²) in [4.78, 5) is 18.7. The molecule has 26 heavy (non-hydrogen) atoms. The van der Waals surface area contributed by atoms with Crippen LogP contribution in [0.4, 0.5) is 14.6 Å². The molecule has 5 nitrogen and oxygen atoms in total. The molecule has 1 aromatic carbocycles. The molecular weight excluding hydrogens is 340 g/mol. The van der Waals surface area contributed by atoms with Crippen LogP contribution in [0.25, 0.3) is 0 Å². The number of alkyl halides is 2. The van der Waals surface area contributed by atoms with Crippen LogP contribution in [0.3, 0.4) is 0 Å². The number of rotatable bonds is 7. The van der Waals surface area contributed by atoms with Crippen molar-refractivity contribution in [1.29, 1.82) is 0 Å². The van der Waals surface area contributed by atoms with Gasteiger partial charge in [0.15, 0.2) is 0 Å². The summed E-state index contributed by atoms with van der Waals surface area (Å²) in [5.41, 5.74) is 1.66. The highest BCUT2D eigenvalue weighted by Gasteiger charge is 2.13. The summed E-state index contributed by atoms with van der Waals surface area (Å²) in [5, 5.41) is 2.84. The minimum atomic E-state index is -2.85. The number of nitrogens with zero attached hydrogens (tertiary/aromatic N) is 2. The summed E-state index contributed by atoms with van der Waals surface area (Å²) in [6.07, 6.45) is 4.36. The second-order valence-electron chi connectivity index (χ2n) is 6.19. The first-order valence-corrected chi connectivity index (χ1v) is 8.60. The predicted molar refractivity (Wildman–Crippen MR) is 94.3 cm³/mol. The largest absolute Gasteiger partial charge is 0.435 e. The standard InChI is InChI=1S/C19H21F2N3O2/c20-19(21)26-16-6-3-14(4-7-16)11-18(25)23-13-15-5-8-17(22-12-15)24-9-1-2-10-24/h3-8,12,19H,1-2,9-11,13H2,(H,23,25). The third-order valence-corrected chi connectivity index (χ3v) is 4.24. The molecule has 0 atom stereocenters. The molecule has 2 heterocycles. The van der Waals surface area contributed by atoms with E-state index in [1.54, 1.807) is 18.3 Å². The van der Waals surface area contributed by atoms with Crippen LogP contribution in [0.15, 0.2) is 42.6 Å². The highest BCUT2D eigenvalue weighted by Crippen LogP contribution is 2.18. The molecule has 0 unspecified atom stereocenters. The van der Waals surface area contributed by atoms with Crippen molar-refractivity contribution in [2.24, 2.45) is 0 Å². The van der Waals surface area contributed by atoms with E-state index in [1.165, 1.54) is 25.0 Å². The number of carbonyl (C=O) groups is 1. The number of ether oxygens (including phenoxy) is 1. The monoisotopic (exact) mass is 361 g/mol. The van der Waals surface area contributed by atoms with Gasteiger partial charge in [-0.15, -0.1) is 0 Å². The molecular formula is C19H21F2N3O2. The van der Waals surface area contributed by atoms with Crippen LogP contribution in [0, 0.1) is 0 Å². The molecule has 1 amide bonds. The van der Waals surface area contributed by atoms with Gasteiger partial charge >= 0.3 is 6.61 Å². The minimum Gasteiger partial charge on any atom is -0.435 e. The molecule has 1 N–H and O–H groups in total. The third kappa shape index (κ3) is 5.15. The molecule has 1 saturated heterocycles. The highest BCUT2D eigenvalue weighted by atomic mass is 19.3. The lowest BCUT2D eigenvalue weighted by Crippen LogP contribution is -2.25. The van der Waals surface area contributed by atoms with Crippen molar-refractivity contribution >= 4 is 11.7 Å². The summed E-state index contributed by atoms with van der Waals surface area (Å²) in [7, 11) is 0. The first-order valence-electron chi connectivity index (χ1n) is 8.60. The lowest BCUT2D eigenvalue weighted by molar-refractivity contribution is -0.120. The van der Waals surface area contributed by atoms with Crippen LogP contribution in [-0.2, 0) is 17.8 Å². The molecule has 2 aromatic rings. The predicted octanol–water partition coefficient (Wildman–Crippen LogP) is 3.14. The molecule has 0 bridgehead atoms. The van der Waals surface area contributed by atoms with Gasteiger partial charge in [0.1, 0.15) is 11.6 Å². The number of aromatic nitrogens is 1. The zero-order valence-corrected chi connectivity index (χ0v) is 14.3. The van der Waals surface area contributed by atoms with Crippen molar-refractivity contribution in [1.82, 2.24) is 10.3 Å². The highest BCUT2D eigenvalue weighted by molar-refractivity contribution is 5.78. The van der Waals surface area contributed by atoms with Gasteiger partial charge in [0.25, 0.3) is 0 Å². The number of amides is 1. The number of anilines is 1. The van der Waals surface area contributed by atoms with Gasteiger partial charge in [0.05, 0.1) is 6.42 Å². The molecule has 0 aliphatic carbocycles. The summed E-state index contributed by atoms with van der Waals surface area (Å²) in [6, 6.07) is 10.0. The van der Waals surface area contributed by atoms with E-state index in [4.69, 9.17) is 0 Å². The molecule has 7 heteroatoms. The van der Waals surface area contributed by atoms with Gasteiger partial charge in [-0.2, -0.15) is 8.78 Å². The quantitative estimate of drug-likeness (QED) is 0.823. The van der Waals surface area contributed by atoms with Crippen molar-refractivity contribution < 1.29 is 18.3 Å². The fourth-order valence-corrected chi connectivity index (χ4v) is 2.89. The Bertz CT molecular complexity index is 715. The Hall–Kier alpha value is -2.70. The van der Waals surface area contributed by atoms with Gasteiger partial charge in [-0.3, -0.25) is 4.79 Å². The Labute approximate surface area is 151 Å². The first-order chi connectivity index (χ1) is 12.6. The Morgan fingerprint density at radius 2 is 1.81 bits per heavy atom. The van der Waals surface area contributed by atoms with Gasteiger partial charge < -0.3 is 15.0 Å². The van der Waals surface area contributed by atoms with E-state index >= 15 is 0 Å². The fourth-order valence-electron chi connectivity index (χ4n) is 2.89. The number of nitrogens with one attached hydrogen (secondary N) is 1. The van der Waals surface area contributed by atoms with E-state index in [-0.39, 0.29) is 18.1 Å². The molecule has 1 aliphatic rings. The number of hydrogen-bond acceptors (Lipinski definition) is 4. The van der Waals surface area contributed by atoms with Gasteiger partial charge in [-0.25, -0.2) is 4.98 Å². The third-order valence-electron chi connectivity index (χ3n) is 4.24. The average molecular weight is 361 g/mol. The minimum absolute atomic E-state index is 0.0772. The van der Waals surface area contributed by atoms with Crippen LogP contribution >= 0.6 is 0 Å². The van der Waals surface area contributed by atoms with Crippen molar-refractivity contribution in [2.75, 3.05) is 18.0 Å². The van der Waals surface area contributed by atoms with E-state index < -0.39 is 6.61 Å². The van der Waals surface area contributed by atoms with E-state index in [9.17, 15) is 13.6 Å². The number of carbonyl (C=O) groups excluding carboxylic acids is 1. The molecule has 3 rings (SSSR count). The van der Waals surface area contributed by atoms with Gasteiger partial charge in [-0.05, 0) is 42.2 Å². The van der Waals surface area contributed by atoms with Gasteiger partial charge in [0, 0.05) is 25.8 Å². The molecule has 1 fully saturated rings. The molecule has 1 aliphatic heterocycles. The number of hydrogen-bond donors (Lipinski definition) is 1. The number of benzene rings is 1. The van der Waals surface area contributed by atoms with Crippen LogP contribution in [0.5, 0.6) is 5.75 Å². The van der Waals surface area contributed by atoms with Crippen molar-refractivity contribution in [3.8, 4) is 5.75 Å². The van der Waals surface area contributed by atoms with Gasteiger partial charge in [0.2, 0.25) is 5.91 Å². The maximum Gasteiger partial charge on any atom is 0.387 e. The Kier molecular flexibility index (Phi) is 5.99. The number of halogens is 2. The molecule has 0 spiro atoms. The number of pyridine rings is 1. The fraction of sp³-hybridized carbons (Fsp3) is 0.368. The second kappa shape index (κ2) is 8.60. The van der Waals surface area contributed by atoms with Crippen molar-refractivity contribution in [3.05, 3.63) is 53.7 Å². The topological polar surface area (TPSA) is 54.5 Å². The Morgan fingerprint density at radius 3 is 2.42 bits per heavy atom. The molecule has 1 aromatic heterocycles. The SMILES string of the molecule is O=C(Cc1ccc(OC(F)F)cc1)NCc1ccc(N2CCCC2)nc1. The lowest BCUT2D eigenvalue weighted by atomic mass is 10.1. The zero-order chi connectivity index (χ0) is 18.4. The zero-order valence-electron chi connectivity index (χ0n) is 14.3. The van der Waals surface area contributed by atoms with Crippen molar-refractivity contribution in [3.63, 3.8) is 0 Å². The van der Waals surface area contributed by atoms with E-state index in [0.29, 0.717) is 6.54 Å². The normalized spacial score (nSPS) is 13.9. The van der Waals surface area contributed by atoms with Crippen LogP contribution < -0.4 is 15.0 Å². The van der Waals surface area contributed by atoms with Gasteiger partial charge in [-0.1, -0.05) is 18.2 Å². The molecule has 0 saturated carbocycles. The maximum atomic E-state index is 12.1. The average Bonchev–Trinajstić information content (AvgIpc) is 3.16. The van der Waals surface area contributed by atoms with Crippen LogP contribution in [0.2, 0.25) is 0 Å². The Balaban J connectivity index is 1.46.